The molecule has 2 rings (SSSR count). The van der Waals surface area contributed by atoms with E-state index in [9.17, 15) is 9.59 Å². The molecule has 0 saturated heterocycles. The lowest BCUT2D eigenvalue weighted by Crippen LogP contribution is -2.49. The van der Waals surface area contributed by atoms with Crippen LogP contribution in [-0.4, -0.2) is 35.9 Å². The first-order valence-electron chi connectivity index (χ1n) is 9.72. The summed E-state index contributed by atoms with van der Waals surface area (Å²) in [6.45, 7) is 4.05. The van der Waals surface area contributed by atoms with Crippen LogP contribution < -0.4 is 10.1 Å². The molecule has 0 saturated carbocycles. The van der Waals surface area contributed by atoms with E-state index < -0.39 is 6.04 Å². The number of benzene rings is 2. The Bertz CT molecular complexity index is 856. The summed E-state index contributed by atoms with van der Waals surface area (Å²) >= 11 is 18.7. The van der Waals surface area contributed by atoms with Crippen molar-refractivity contribution < 1.29 is 14.3 Å². The number of halogens is 3. The lowest BCUT2D eigenvalue weighted by Gasteiger charge is -2.29. The second-order valence-corrected chi connectivity index (χ2v) is 7.98. The van der Waals surface area contributed by atoms with Crippen molar-refractivity contribution in [2.24, 2.45) is 0 Å². The monoisotopic (exact) mass is 470 g/mol. The number of carbonyl (C=O) groups excluding carboxylic acids is 2. The van der Waals surface area contributed by atoms with Gasteiger partial charge in [0.25, 0.3) is 5.91 Å². The number of nitrogens with zero attached hydrogens (tertiary/aromatic N) is 1. The fourth-order valence-electron chi connectivity index (χ4n) is 2.76. The third-order valence-electron chi connectivity index (χ3n) is 4.57. The highest BCUT2D eigenvalue weighted by atomic mass is 35.5. The summed E-state index contributed by atoms with van der Waals surface area (Å²) in [4.78, 5) is 27.0. The van der Waals surface area contributed by atoms with Gasteiger partial charge in [0.1, 0.15) is 11.8 Å². The maximum atomic E-state index is 13.0. The number of ether oxygens (including phenoxy) is 1. The quantitative estimate of drug-likeness (QED) is 0.475. The number of carbonyl (C=O) groups is 2. The van der Waals surface area contributed by atoms with E-state index in [1.807, 2.05) is 6.92 Å². The molecule has 0 radical (unpaired) electrons. The maximum absolute atomic E-state index is 13.0. The van der Waals surface area contributed by atoms with Gasteiger partial charge < -0.3 is 15.0 Å². The first-order valence-corrected chi connectivity index (χ1v) is 10.9. The van der Waals surface area contributed by atoms with E-state index in [-0.39, 0.29) is 25.0 Å². The van der Waals surface area contributed by atoms with Crippen LogP contribution in [0.25, 0.3) is 0 Å². The molecule has 2 aromatic rings. The Balaban J connectivity index is 2.19. The van der Waals surface area contributed by atoms with Gasteiger partial charge in [0, 0.05) is 28.7 Å². The second-order valence-electron chi connectivity index (χ2n) is 6.76. The van der Waals surface area contributed by atoms with E-state index >= 15 is 0 Å². The average molecular weight is 472 g/mol. The summed E-state index contributed by atoms with van der Waals surface area (Å²) < 4.78 is 5.59. The van der Waals surface area contributed by atoms with Gasteiger partial charge in [-0.3, -0.25) is 9.59 Å². The molecule has 2 aromatic carbocycles. The van der Waals surface area contributed by atoms with Crippen molar-refractivity contribution in [1.29, 1.82) is 0 Å². The Morgan fingerprint density at radius 2 is 1.67 bits per heavy atom. The van der Waals surface area contributed by atoms with E-state index in [4.69, 9.17) is 39.5 Å². The summed E-state index contributed by atoms with van der Waals surface area (Å²) in [5.41, 5.74) is 0.570. The molecule has 5 nitrogen and oxygen atoms in total. The van der Waals surface area contributed by atoms with Gasteiger partial charge in [-0.25, -0.2) is 0 Å². The minimum atomic E-state index is -0.739. The Morgan fingerprint density at radius 3 is 2.30 bits per heavy atom. The molecule has 0 fully saturated rings. The molecule has 2 amide bonds. The van der Waals surface area contributed by atoms with Crippen LogP contribution in [0.4, 0.5) is 0 Å². The highest BCUT2D eigenvalue weighted by molar-refractivity contribution is 6.36. The molecule has 0 aliphatic rings. The van der Waals surface area contributed by atoms with Crippen molar-refractivity contribution in [3.05, 3.63) is 63.1 Å². The van der Waals surface area contributed by atoms with Crippen LogP contribution in [0, 0.1) is 0 Å². The highest BCUT2D eigenvalue weighted by Crippen LogP contribution is 2.27. The standard InChI is InChI=1S/C22H25Cl3N2O3/c1-3-4-12-26-22(29)15(2)27(13-16-17(23)9-7-10-18(16)24)21(28)14-30-20-11-6-5-8-19(20)25/h5-11,15H,3-4,12-14H2,1-2H3,(H,26,29)/t15-/m0/s1. The summed E-state index contributed by atoms with van der Waals surface area (Å²) in [7, 11) is 0. The van der Waals surface area contributed by atoms with E-state index in [2.05, 4.69) is 5.32 Å². The number of hydrogen-bond donors (Lipinski definition) is 1. The number of nitrogens with one attached hydrogen (secondary N) is 1. The lowest BCUT2D eigenvalue weighted by molar-refractivity contribution is -0.142. The summed E-state index contributed by atoms with van der Waals surface area (Å²) in [6.07, 6.45) is 1.82. The van der Waals surface area contributed by atoms with Crippen LogP contribution in [0.15, 0.2) is 42.5 Å². The van der Waals surface area contributed by atoms with Crippen molar-refractivity contribution in [3.63, 3.8) is 0 Å². The zero-order valence-electron chi connectivity index (χ0n) is 17.0. The molecule has 1 N–H and O–H groups in total. The molecular formula is C22H25Cl3N2O3. The molecule has 1 atom stereocenters. The van der Waals surface area contributed by atoms with Gasteiger partial charge in [0.15, 0.2) is 6.61 Å². The van der Waals surface area contributed by atoms with Crippen molar-refractivity contribution in [2.75, 3.05) is 13.2 Å². The lowest BCUT2D eigenvalue weighted by atomic mass is 10.1. The number of unbranched alkanes of at least 4 members (excludes halogenated alkanes) is 1. The fourth-order valence-corrected chi connectivity index (χ4v) is 3.46. The van der Waals surface area contributed by atoms with Gasteiger partial charge in [0.05, 0.1) is 5.02 Å². The third kappa shape index (κ3) is 6.79. The molecule has 0 aromatic heterocycles. The minimum Gasteiger partial charge on any atom is -0.482 e. The molecule has 0 unspecified atom stereocenters. The van der Waals surface area contributed by atoms with E-state index in [0.29, 0.717) is 32.9 Å². The zero-order valence-corrected chi connectivity index (χ0v) is 19.2. The SMILES string of the molecule is CCCCNC(=O)[C@H](C)N(Cc1c(Cl)cccc1Cl)C(=O)COc1ccccc1Cl. The van der Waals surface area contributed by atoms with Crippen LogP contribution >= 0.6 is 34.8 Å². The molecule has 0 aliphatic heterocycles. The second kappa shape index (κ2) is 12.0. The van der Waals surface area contributed by atoms with E-state index in [1.54, 1.807) is 49.4 Å². The third-order valence-corrected chi connectivity index (χ3v) is 5.60. The maximum Gasteiger partial charge on any atom is 0.261 e. The van der Waals surface area contributed by atoms with Crippen molar-refractivity contribution >= 4 is 46.6 Å². The summed E-state index contributed by atoms with van der Waals surface area (Å²) in [6, 6.07) is 11.2. The van der Waals surface area contributed by atoms with Gasteiger partial charge in [-0.15, -0.1) is 0 Å². The largest absolute Gasteiger partial charge is 0.482 e. The van der Waals surface area contributed by atoms with Gasteiger partial charge in [-0.05, 0) is 37.6 Å². The Labute approximate surface area is 192 Å². The van der Waals surface area contributed by atoms with Crippen LogP contribution in [0.1, 0.15) is 32.3 Å². The predicted octanol–water partition coefficient (Wildman–Crippen LogP) is 5.36. The Hall–Kier alpha value is -1.95. The summed E-state index contributed by atoms with van der Waals surface area (Å²) in [5, 5.41) is 4.10. The van der Waals surface area contributed by atoms with Crippen LogP contribution in [0.3, 0.4) is 0 Å². The van der Waals surface area contributed by atoms with Crippen molar-refractivity contribution in [3.8, 4) is 5.75 Å². The van der Waals surface area contributed by atoms with Crippen LogP contribution in [-0.2, 0) is 16.1 Å². The number of rotatable bonds is 10. The molecule has 0 aliphatic carbocycles. The number of hydrogen-bond acceptors (Lipinski definition) is 3. The molecule has 8 heteroatoms. The first kappa shape index (κ1) is 24.3. The van der Waals surface area contributed by atoms with Gasteiger partial charge >= 0.3 is 0 Å². The molecular weight excluding hydrogens is 447 g/mol. The van der Waals surface area contributed by atoms with Crippen molar-refractivity contribution in [1.82, 2.24) is 10.2 Å². The van der Waals surface area contributed by atoms with E-state index in [0.717, 1.165) is 12.8 Å². The van der Waals surface area contributed by atoms with Crippen molar-refractivity contribution in [2.45, 2.75) is 39.3 Å². The van der Waals surface area contributed by atoms with Gasteiger partial charge in [0.2, 0.25) is 5.91 Å². The first-order chi connectivity index (χ1) is 14.3. The summed E-state index contributed by atoms with van der Waals surface area (Å²) in [5.74, 6) is -0.245. The van der Waals surface area contributed by atoms with Gasteiger partial charge in [-0.1, -0.05) is 66.3 Å². The fraction of sp³-hybridized carbons (Fsp3) is 0.364. The highest BCUT2D eigenvalue weighted by Gasteiger charge is 2.27. The van der Waals surface area contributed by atoms with Crippen LogP contribution in [0.5, 0.6) is 5.75 Å². The smallest absolute Gasteiger partial charge is 0.261 e. The van der Waals surface area contributed by atoms with E-state index in [1.165, 1.54) is 4.90 Å². The molecule has 0 heterocycles. The average Bonchev–Trinajstić information content (AvgIpc) is 2.72. The molecule has 162 valence electrons. The zero-order chi connectivity index (χ0) is 22.1. The Kier molecular flexibility index (Phi) is 9.76. The molecule has 0 bridgehead atoms. The predicted molar refractivity (Wildman–Crippen MR) is 121 cm³/mol. The Morgan fingerprint density at radius 1 is 1.03 bits per heavy atom. The van der Waals surface area contributed by atoms with Crippen LogP contribution in [0.2, 0.25) is 15.1 Å². The number of amides is 2. The minimum absolute atomic E-state index is 0.0750. The number of para-hydroxylation sites is 1. The molecule has 0 spiro atoms. The topological polar surface area (TPSA) is 58.6 Å². The normalized spacial score (nSPS) is 11.6. The molecule has 30 heavy (non-hydrogen) atoms. The van der Waals surface area contributed by atoms with Gasteiger partial charge in [-0.2, -0.15) is 0 Å².